The number of methoxy groups -OCH3 is 1. The summed E-state index contributed by atoms with van der Waals surface area (Å²) < 4.78 is 29.6. The van der Waals surface area contributed by atoms with E-state index in [9.17, 15) is 13.2 Å². The zero-order valence-electron chi connectivity index (χ0n) is 11.2. The van der Waals surface area contributed by atoms with Gasteiger partial charge in [0, 0.05) is 4.91 Å². The van der Waals surface area contributed by atoms with E-state index in [0.717, 1.165) is 0 Å². The number of hydrogen-bond acceptors (Lipinski definition) is 4. The Balaban J connectivity index is 2.20. The van der Waals surface area contributed by atoms with Gasteiger partial charge in [0.2, 0.25) is 9.84 Å². The first kappa shape index (κ1) is 14.5. The van der Waals surface area contributed by atoms with Gasteiger partial charge in [0.25, 0.3) is 0 Å². The van der Waals surface area contributed by atoms with Crippen LogP contribution in [0.2, 0.25) is 0 Å². The van der Waals surface area contributed by atoms with Crippen molar-refractivity contribution in [3.63, 3.8) is 0 Å². The number of sulfone groups is 1. The van der Waals surface area contributed by atoms with Crippen LogP contribution in [-0.4, -0.2) is 21.5 Å². The van der Waals surface area contributed by atoms with E-state index in [0.29, 0.717) is 11.3 Å². The lowest BCUT2D eigenvalue weighted by atomic mass is 9.97. The Morgan fingerprint density at radius 1 is 1.30 bits per heavy atom. The average Bonchev–Trinajstić information content (AvgIpc) is 2.48. The van der Waals surface area contributed by atoms with Gasteiger partial charge >= 0.3 is 5.97 Å². The van der Waals surface area contributed by atoms with Crippen LogP contribution in [0, 0.1) is 5.92 Å². The monoisotopic (exact) mass is 292 g/mol. The SMILES string of the molecule is COC(=O)CC1C=CC=C(S(=O)(=O)c2ccccc2)C1. The summed E-state index contributed by atoms with van der Waals surface area (Å²) in [7, 11) is -2.15. The highest BCUT2D eigenvalue weighted by Crippen LogP contribution is 2.29. The minimum absolute atomic E-state index is 0.138. The Bertz CT molecular complexity index is 642. The highest BCUT2D eigenvalue weighted by molar-refractivity contribution is 7.95. The van der Waals surface area contributed by atoms with Gasteiger partial charge < -0.3 is 4.74 Å². The van der Waals surface area contributed by atoms with Crippen molar-refractivity contribution in [3.05, 3.63) is 53.5 Å². The molecule has 0 fully saturated rings. The molecule has 1 aromatic rings. The Kier molecular flexibility index (Phi) is 4.39. The van der Waals surface area contributed by atoms with Crippen molar-refractivity contribution in [1.82, 2.24) is 0 Å². The van der Waals surface area contributed by atoms with Crippen molar-refractivity contribution in [1.29, 1.82) is 0 Å². The lowest BCUT2D eigenvalue weighted by Crippen LogP contribution is -2.14. The molecule has 1 aromatic carbocycles. The zero-order chi connectivity index (χ0) is 14.6. The van der Waals surface area contributed by atoms with Gasteiger partial charge in [0.05, 0.1) is 18.4 Å². The maximum absolute atomic E-state index is 12.5. The van der Waals surface area contributed by atoms with Gasteiger partial charge in [-0.25, -0.2) is 8.42 Å². The molecular formula is C15H16O4S. The van der Waals surface area contributed by atoms with Crippen LogP contribution in [0.5, 0.6) is 0 Å². The second kappa shape index (κ2) is 6.05. The summed E-state index contributed by atoms with van der Waals surface area (Å²) in [5, 5.41) is 0. The molecule has 0 spiro atoms. The highest BCUT2D eigenvalue weighted by atomic mass is 32.2. The van der Waals surface area contributed by atoms with Crippen LogP contribution < -0.4 is 0 Å². The molecule has 5 heteroatoms. The molecule has 1 atom stereocenters. The fourth-order valence-electron chi connectivity index (χ4n) is 2.10. The summed E-state index contributed by atoms with van der Waals surface area (Å²) in [6, 6.07) is 8.30. The molecule has 0 saturated heterocycles. The molecule has 0 radical (unpaired) electrons. The van der Waals surface area contributed by atoms with E-state index in [2.05, 4.69) is 4.74 Å². The lowest BCUT2D eigenvalue weighted by molar-refractivity contribution is -0.141. The summed E-state index contributed by atoms with van der Waals surface area (Å²) >= 11 is 0. The third kappa shape index (κ3) is 3.17. The second-order valence-corrected chi connectivity index (χ2v) is 6.58. The molecule has 4 nitrogen and oxygen atoms in total. The molecule has 0 N–H and O–H groups in total. The first-order chi connectivity index (χ1) is 9.54. The Morgan fingerprint density at radius 3 is 2.65 bits per heavy atom. The van der Waals surface area contributed by atoms with E-state index in [4.69, 9.17) is 0 Å². The maximum atomic E-state index is 12.5. The summed E-state index contributed by atoms with van der Waals surface area (Å²) in [4.78, 5) is 11.9. The molecule has 20 heavy (non-hydrogen) atoms. The molecule has 0 bridgehead atoms. The Hall–Kier alpha value is -1.88. The molecule has 0 amide bonds. The number of carbonyl (C=O) groups excluding carboxylic acids is 1. The van der Waals surface area contributed by atoms with Crippen LogP contribution >= 0.6 is 0 Å². The molecule has 2 rings (SSSR count). The van der Waals surface area contributed by atoms with Crippen molar-refractivity contribution in [2.75, 3.05) is 7.11 Å². The highest BCUT2D eigenvalue weighted by Gasteiger charge is 2.25. The van der Waals surface area contributed by atoms with Crippen molar-refractivity contribution in [2.45, 2.75) is 17.7 Å². The van der Waals surface area contributed by atoms with Crippen LogP contribution in [0.4, 0.5) is 0 Å². The number of hydrogen-bond donors (Lipinski definition) is 0. The lowest BCUT2D eigenvalue weighted by Gasteiger charge is -2.17. The average molecular weight is 292 g/mol. The van der Waals surface area contributed by atoms with Crippen LogP contribution in [0.1, 0.15) is 12.8 Å². The second-order valence-electron chi connectivity index (χ2n) is 4.58. The smallest absolute Gasteiger partial charge is 0.306 e. The first-order valence-electron chi connectivity index (χ1n) is 6.28. The van der Waals surface area contributed by atoms with Crippen LogP contribution in [-0.2, 0) is 19.4 Å². The van der Waals surface area contributed by atoms with Crippen LogP contribution in [0.3, 0.4) is 0 Å². The van der Waals surface area contributed by atoms with Crippen molar-refractivity contribution in [3.8, 4) is 0 Å². The predicted molar refractivity (Wildman–Crippen MR) is 75.6 cm³/mol. The molecule has 106 valence electrons. The summed E-state index contributed by atoms with van der Waals surface area (Å²) in [6.07, 6.45) is 5.63. The summed E-state index contributed by atoms with van der Waals surface area (Å²) in [5.74, 6) is -0.473. The first-order valence-corrected chi connectivity index (χ1v) is 7.76. The van der Waals surface area contributed by atoms with E-state index in [-0.39, 0.29) is 23.2 Å². The molecule has 1 aliphatic rings. The number of benzene rings is 1. The maximum Gasteiger partial charge on any atom is 0.306 e. The molecule has 0 heterocycles. The van der Waals surface area contributed by atoms with Gasteiger partial charge in [0.1, 0.15) is 0 Å². The van der Waals surface area contributed by atoms with Crippen LogP contribution in [0.25, 0.3) is 0 Å². The molecule has 1 aliphatic carbocycles. The largest absolute Gasteiger partial charge is 0.469 e. The van der Waals surface area contributed by atoms with Gasteiger partial charge in [-0.1, -0.05) is 30.4 Å². The minimum Gasteiger partial charge on any atom is -0.469 e. The van der Waals surface area contributed by atoms with E-state index >= 15 is 0 Å². The van der Waals surface area contributed by atoms with Gasteiger partial charge in [-0.15, -0.1) is 0 Å². The number of ether oxygens (including phenoxy) is 1. The summed E-state index contributed by atoms with van der Waals surface area (Å²) in [6.45, 7) is 0. The predicted octanol–water partition coefficient (Wildman–Crippen LogP) is 2.48. The quantitative estimate of drug-likeness (QED) is 0.800. The fourth-order valence-corrected chi connectivity index (χ4v) is 3.61. The number of allylic oxidation sites excluding steroid dienone is 4. The van der Waals surface area contributed by atoms with Crippen LogP contribution in [0.15, 0.2) is 58.4 Å². The normalized spacial score (nSPS) is 18.4. The third-order valence-electron chi connectivity index (χ3n) is 3.18. The summed E-state index contributed by atoms with van der Waals surface area (Å²) in [5.41, 5.74) is 0. The molecular weight excluding hydrogens is 276 g/mol. The number of rotatable bonds is 4. The molecule has 1 unspecified atom stereocenters. The van der Waals surface area contributed by atoms with Crippen molar-refractivity contribution < 1.29 is 17.9 Å². The standard InChI is InChI=1S/C15H16O4S/c1-19-15(16)11-12-6-5-9-14(10-12)20(17,18)13-7-3-2-4-8-13/h2-9,12H,10-11H2,1H3. The van der Waals surface area contributed by atoms with Gasteiger partial charge in [-0.3, -0.25) is 4.79 Å². The third-order valence-corrected chi connectivity index (χ3v) is 5.07. The van der Waals surface area contributed by atoms with Gasteiger partial charge in [-0.05, 0) is 30.5 Å². The molecule has 0 aliphatic heterocycles. The fraction of sp³-hybridized carbons (Fsp3) is 0.267. The Morgan fingerprint density at radius 2 is 2.00 bits per heavy atom. The van der Waals surface area contributed by atoms with Crippen molar-refractivity contribution >= 4 is 15.8 Å². The molecule has 0 aromatic heterocycles. The Labute approximate surface area is 118 Å². The van der Waals surface area contributed by atoms with E-state index < -0.39 is 9.84 Å². The number of esters is 1. The number of carbonyl (C=O) groups is 1. The van der Waals surface area contributed by atoms with E-state index in [1.165, 1.54) is 7.11 Å². The molecule has 0 saturated carbocycles. The van der Waals surface area contributed by atoms with Crippen molar-refractivity contribution in [2.24, 2.45) is 5.92 Å². The van der Waals surface area contributed by atoms with Gasteiger partial charge in [-0.2, -0.15) is 0 Å². The van der Waals surface area contributed by atoms with E-state index in [1.54, 1.807) is 42.5 Å². The van der Waals surface area contributed by atoms with E-state index in [1.807, 2.05) is 6.08 Å². The topological polar surface area (TPSA) is 60.4 Å². The zero-order valence-corrected chi connectivity index (χ0v) is 12.0. The minimum atomic E-state index is -3.48. The van der Waals surface area contributed by atoms with Gasteiger partial charge in [0.15, 0.2) is 0 Å².